The van der Waals surface area contributed by atoms with Gasteiger partial charge in [-0.25, -0.2) is 9.97 Å². The number of hydrogen-bond donors (Lipinski definition) is 1. The molecule has 1 N–H and O–H groups in total. The number of anilines is 1. The molecule has 1 aliphatic carbocycles. The van der Waals surface area contributed by atoms with Crippen molar-refractivity contribution in [3.63, 3.8) is 0 Å². The number of hydrogen-bond acceptors (Lipinski definition) is 6. The SMILES string of the molecule is CC1(O)CC(c2ccc(-c3nc(-c4ccc(N5CCOCC5)nc4)sc3-c3ccccc3)cc2)C1. The first kappa shape index (κ1) is 22.4. The Morgan fingerprint density at radius 3 is 2.29 bits per heavy atom. The van der Waals surface area contributed by atoms with E-state index >= 15 is 0 Å². The number of thiazole rings is 1. The quantitative estimate of drug-likeness (QED) is 0.377. The Bertz CT molecular complexity index is 1290. The van der Waals surface area contributed by atoms with Crippen LogP contribution >= 0.6 is 11.3 Å². The van der Waals surface area contributed by atoms with Crippen molar-refractivity contribution in [2.24, 2.45) is 0 Å². The third-order valence-electron chi connectivity index (χ3n) is 7.02. The largest absolute Gasteiger partial charge is 0.390 e. The van der Waals surface area contributed by atoms with Crippen molar-refractivity contribution in [2.45, 2.75) is 31.3 Å². The first-order valence-corrected chi connectivity index (χ1v) is 13.1. The van der Waals surface area contributed by atoms with Crippen molar-refractivity contribution >= 4 is 17.2 Å². The number of ether oxygens (including phenoxy) is 1. The van der Waals surface area contributed by atoms with Crippen LogP contribution in [0.4, 0.5) is 5.82 Å². The van der Waals surface area contributed by atoms with Crippen molar-refractivity contribution in [2.75, 3.05) is 31.2 Å². The van der Waals surface area contributed by atoms with Crippen LogP contribution in [-0.2, 0) is 4.74 Å². The first-order valence-electron chi connectivity index (χ1n) is 12.2. The molecular weight excluding hydrogens is 454 g/mol. The summed E-state index contributed by atoms with van der Waals surface area (Å²) in [5, 5.41) is 11.1. The molecule has 3 heterocycles. The van der Waals surface area contributed by atoms with Gasteiger partial charge in [0.1, 0.15) is 10.8 Å². The number of nitrogens with zero attached hydrogens (tertiary/aromatic N) is 3. The van der Waals surface area contributed by atoms with E-state index in [0.29, 0.717) is 5.92 Å². The molecule has 0 atom stereocenters. The molecule has 1 aliphatic heterocycles. The molecule has 1 saturated carbocycles. The van der Waals surface area contributed by atoms with E-state index in [1.54, 1.807) is 11.3 Å². The van der Waals surface area contributed by atoms with Gasteiger partial charge < -0.3 is 14.7 Å². The number of aromatic nitrogens is 2. The van der Waals surface area contributed by atoms with E-state index < -0.39 is 5.60 Å². The molecule has 0 bridgehead atoms. The molecule has 6 rings (SSSR count). The summed E-state index contributed by atoms with van der Waals surface area (Å²) in [6.45, 7) is 5.17. The van der Waals surface area contributed by atoms with Crippen LogP contribution in [0.15, 0.2) is 72.9 Å². The highest BCUT2D eigenvalue weighted by molar-refractivity contribution is 7.19. The topological polar surface area (TPSA) is 58.5 Å². The number of morpholine rings is 1. The molecule has 4 aromatic rings. The molecule has 2 aromatic heterocycles. The van der Waals surface area contributed by atoms with Crippen LogP contribution in [0.2, 0.25) is 0 Å². The fourth-order valence-electron chi connectivity index (χ4n) is 5.07. The normalized spacial score (nSPS) is 22.1. The van der Waals surface area contributed by atoms with Crippen LogP contribution in [0, 0.1) is 0 Å². The van der Waals surface area contributed by atoms with Gasteiger partial charge in [-0.05, 0) is 48.9 Å². The Kier molecular flexibility index (Phi) is 5.88. The lowest BCUT2D eigenvalue weighted by Gasteiger charge is -2.41. The summed E-state index contributed by atoms with van der Waals surface area (Å²) < 4.78 is 5.46. The Labute approximate surface area is 210 Å². The summed E-state index contributed by atoms with van der Waals surface area (Å²) in [5.74, 6) is 1.43. The van der Waals surface area contributed by atoms with Gasteiger partial charge in [0, 0.05) is 30.4 Å². The summed E-state index contributed by atoms with van der Waals surface area (Å²) in [4.78, 5) is 13.3. The molecule has 1 saturated heterocycles. The van der Waals surface area contributed by atoms with E-state index in [2.05, 4.69) is 65.6 Å². The fraction of sp³-hybridized carbons (Fsp3) is 0.310. The van der Waals surface area contributed by atoms with Crippen LogP contribution in [0.5, 0.6) is 0 Å². The molecular formula is C29H29N3O2S. The van der Waals surface area contributed by atoms with E-state index in [9.17, 15) is 5.11 Å². The zero-order chi connectivity index (χ0) is 23.8. The molecule has 0 unspecified atom stereocenters. The third kappa shape index (κ3) is 4.61. The van der Waals surface area contributed by atoms with Gasteiger partial charge in [-0.15, -0.1) is 11.3 Å². The second kappa shape index (κ2) is 9.19. The van der Waals surface area contributed by atoms with E-state index in [-0.39, 0.29) is 0 Å². The lowest BCUT2D eigenvalue weighted by atomic mass is 9.69. The van der Waals surface area contributed by atoms with Gasteiger partial charge >= 0.3 is 0 Å². The maximum absolute atomic E-state index is 10.1. The zero-order valence-corrected chi connectivity index (χ0v) is 20.7. The highest BCUT2D eigenvalue weighted by atomic mass is 32.1. The van der Waals surface area contributed by atoms with E-state index in [4.69, 9.17) is 14.7 Å². The minimum Gasteiger partial charge on any atom is -0.390 e. The van der Waals surface area contributed by atoms with Gasteiger partial charge in [0.15, 0.2) is 0 Å². The average molecular weight is 484 g/mol. The van der Waals surface area contributed by atoms with Gasteiger partial charge in [0.2, 0.25) is 0 Å². The van der Waals surface area contributed by atoms with Crippen molar-refractivity contribution in [3.8, 4) is 32.3 Å². The zero-order valence-electron chi connectivity index (χ0n) is 19.9. The van der Waals surface area contributed by atoms with E-state index in [1.165, 1.54) is 11.1 Å². The van der Waals surface area contributed by atoms with Crippen LogP contribution in [0.3, 0.4) is 0 Å². The summed E-state index contributed by atoms with van der Waals surface area (Å²) in [6, 6.07) is 23.4. The molecule has 2 aromatic carbocycles. The van der Waals surface area contributed by atoms with Crippen LogP contribution in [0.25, 0.3) is 32.3 Å². The predicted molar refractivity (Wildman–Crippen MR) is 142 cm³/mol. The second-order valence-corrected chi connectivity index (χ2v) is 10.8. The van der Waals surface area contributed by atoms with E-state index in [1.807, 2.05) is 19.2 Å². The number of aliphatic hydroxyl groups is 1. The maximum Gasteiger partial charge on any atom is 0.128 e. The molecule has 6 heteroatoms. The smallest absolute Gasteiger partial charge is 0.128 e. The number of benzene rings is 2. The highest BCUT2D eigenvalue weighted by Gasteiger charge is 2.38. The summed E-state index contributed by atoms with van der Waals surface area (Å²) in [5.41, 5.74) is 5.09. The second-order valence-electron chi connectivity index (χ2n) is 9.79. The lowest BCUT2D eigenvalue weighted by Crippen LogP contribution is -2.39. The molecule has 0 spiro atoms. The minimum atomic E-state index is -0.515. The maximum atomic E-state index is 10.1. The van der Waals surface area contributed by atoms with Gasteiger partial charge in [0.25, 0.3) is 0 Å². The third-order valence-corrected chi connectivity index (χ3v) is 8.17. The number of rotatable bonds is 5. The van der Waals surface area contributed by atoms with E-state index in [0.717, 1.165) is 71.7 Å². The molecule has 2 fully saturated rings. The van der Waals surface area contributed by atoms with Gasteiger partial charge in [-0.1, -0.05) is 54.6 Å². The summed E-state index contributed by atoms with van der Waals surface area (Å²) >= 11 is 1.71. The molecule has 2 aliphatic rings. The van der Waals surface area contributed by atoms with Crippen molar-refractivity contribution in [1.29, 1.82) is 0 Å². The van der Waals surface area contributed by atoms with Crippen LogP contribution in [0.1, 0.15) is 31.2 Å². The number of pyridine rings is 1. The summed E-state index contributed by atoms with van der Waals surface area (Å²) in [6.07, 6.45) is 3.60. The van der Waals surface area contributed by atoms with Gasteiger partial charge in [0.05, 0.1) is 29.4 Å². The molecule has 0 amide bonds. The van der Waals surface area contributed by atoms with Crippen molar-refractivity contribution < 1.29 is 9.84 Å². The Morgan fingerprint density at radius 1 is 0.914 bits per heavy atom. The standard InChI is InChI=1S/C29H29N3O2S/c1-29(33)17-24(18-29)20-7-9-21(10-8-20)26-27(22-5-3-2-4-6-22)35-28(31-26)23-11-12-25(30-19-23)32-13-15-34-16-14-32/h2-12,19,24,33H,13-18H2,1H3. The Morgan fingerprint density at radius 2 is 1.63 bits per heavy atom. The van der Waals surface area contributed by atoms with Gasteiger partial charge in [-0.3, -0.25) is 0 Å². The lowest BCUT2D eigenvalue weighted by molar-refractivity contribution is -0.0313. The Hall–Kier alpha value is -3.06. The fourth-order valence-corrected chi connectivity index (χ4v) is 6.15. The minimum absolute atomic E-state index is 0.440. The highest BCUT2D eigenvalue weighted by Crippen LogP contribution is 2.45. The molecule has 0 radical (unpaired) electrons. The van der Waals surface area contributed by atoms with Crippen molar-refractivity contribution in [1.82, 2.24) is 9.97 Å². The molecule has 35 heavy (non-hydrogen) atoms. The predicted octanol–water partition coefficient (Wildman–Crippen LogP) is 6.00. The summed E-state index contributed by atoms with van der Waals surface area (Å²) in [7, 11) is 0. The van der Waals surface area contributed by atoms with Crippen molar-refractivity contribution in [3.05, 3.63) is 78.5 Å². The molecule has 178 valence electrons. The average Bonchev–Trinajstić information content (AvgIpc) is 3.34. The Balaban J connectivity index is 1.32. The van der Waals surface area contributed by atoms with Crippen LogP contribution < -0.4 is 4.90 Å². The first-order chi connectivity index (χ1) is 17.1. The molecule has 5 nitrogen and oxygen atoms in total. The van der Waals surface area contributed by atoms with Gasteiger partial charge in [-0.2, -0.15) is 0 Å². The van der Waals surface area contributed by atoms with Crippen LogP contribution in [-0.4, -0.2) is 47.0 Å². The monoisotopic (exact) mass is 483 g/mol.